The van der Waals surface area contributed by atoms with E-state index >= 15 is 0 Å². The van der Waals surface area contributed by atoms with Crippen LogP contribution in [0.5, 0.6) is 0 Å². The highest BCUT2D eigenvalue weighted by molar-refractivity contribution is 6.30. The fourth-order valence-corrected chi connectivity index (χ4v) is 4.06. The van der Waals surface area contributed by atoms with Gasteiger partial charge in [0.1, 0.15) is 0 Å². The van der Waals surface area contributed by atoms with Crippen molar-refractivity contribution in [2.75, 3.05) is 26.2 Å². The molecular formula is C22H25ClN2O. The summed E-state index contributed by atoms with van der Waals surface area (Å²) >= 11 is 5.96. The highest BCUT2D eigenvalue weighted by Crippen LogP contribution is 2.48. The van der Waals surface area contributed by atoms with Crippen LogP contribution in [0.2, 0.25) is 5.02 Å². The van der Waals surface area contributed by atoms with Crippen molar-refractivity contribution in [1.82, 2.24) is 9.80 Å². The summed E-state index contributed by atoms with van der Waals surface area (Å²) in [5.41, 5.74) is 3.97. The number of piperazine rings is 1. The fourth-order valence-electron chi connectivity index (χ4n) is 3.94. The second-order valence-electron chi connectivity index (χ2n) is 7.53. The minimum absolute atomic E-state index is 0.166. The van der Waals surface area contributed by atoms with E-state index in [0.717, 1.165) is 44.2 Å². The maximum absolute atomic E-state index is 12.8. The van der Waals surface area contributed by atoms with Gasteiger partial charge in [0, 0.05) is 43.7 Å². The van der Waals surface area contributed by atoms with Crippen LogP contribution in [0, 0.1) is 12.8 Å². The Morgan fingerprint density at radius 2 is 1.73 bits per heavy atom. The van der Waals surface area contributed by atoms with Crippen LogP contribution in [0.4, 0.5) is 0 Å². The van der Waals surface area contributed by atoms with Crippen LogP contribution >= 0.6 is 11.6 Å². The summed E-state index contributed by atoms with van der Waals surface area (Å²) in [6, 6.07) is 16.5. The van der Waals surface area contributed by atoms with Crippen LogP contribution in [-0.2, 0) is 11.3 Å². The third-order valence-electron chi connectivity index (χ3n) is 5.74. The van der Waals surface area contributed by atoms with Gasteiger partial charge >= 0.3 is 0 Å². The summed E-state index contributed by atoms with van der Waals surface area (Å²) in [5, 5.41) is 0.752. The number of rotatable bonds is 4. The predicted octanol–water partition coefficient (Wildman–Crippen LogP) is 4.10. The van der Waals surface area contributed by atoms with E-state index in [1.165, 1.54) is 16.7 Å². The number of carbonyl (C=O) groups is 1. The molecule has 0 spiro atoms. The van der Waals surface area contributed by atoms with E-state index in [9.17, 15) is 4.79 Å². The van der Waals surface area contributed by atoms with Crippen LogP contribution in [-0.4, -0.2) is 41.9 Å². The van der Waals surface area contributed by atoms with Gasteiger partial charge in [0.15, 0.2) is 0 Å². The Bertz CT molecular complexity index is 781. The van der Waals surface area contributed by atoms with Crippen molar-refractivity contribution >= 4 is 17.5 Å². The highest BCUT2D eigenvalue weighted by atomic mass is 35.5. The molecule has 2 aromatic rings. The molecule has 4 heteroatoms. The summed E-state index contributed by atoms with van der Waals surface area (Å²) in [4.78, 5) is 17.3. The quantitative estimate of drug-likeness (QED) is 0.811. The van der Waals surface area contributed by atoms with E-state index < -0.39 is 0 Å². The molecule has 2 unspecified atom stereocenters. The first-order valence-electron chi connectivity index (χ1n) is 9.43. The van der Waals surface area contributed by atoms with E-state index in [1.807, 2.05) is 12.1 Å². The van der Waals surface area contributed by atoms with Crippen molar-refractivity contribution in [3.63, 3.8) is 0 Å². The van der Waals surface area contributed by atoms with E-state index in [4.69, 9.17) is 11.6 Å². The molecular weight excluding hydrogens is 344 g/mol. The minimum atomic E-state index is 0.166. The summed E-state index contributed by atoms with van der Waals surface area (Å²) < 4.78 is 0. The summed E-state index contributed by atoms with van der Waals surface area (Å²) in [6.07, 6.45) is 0.976. The largest absolute Gasteiger partial charge is 0.340 e. The van der Waals surface area contributed by atoms with Crippen LogP contribution in [0.25, 0.3) is 0 Å². The molecule has 1 aliphatic carbocycles. The average Bonchev–Trinajstić information content (AvgIpc) is 3.45. The second kappa shape index (κ2) is 7.42. The molecule has 2 aliphatic rings. The van der Waals surface area contributed by atoms with Crippen molar-refractivity contribution < 1.29 is 4.79 Å². The number of nitrogens with zero attached hydrogens (tertiary/aromatic N) is 2. The maximum atomic E-state index is 12.8. The highest BCUT2D eigenvalue weighted by Gasteiger charge is 2.46. The van der Waals surface area contributed by atoms with E-state index in [0.29, 0.717) is 11.8 Å². The standard InChI is InChI=1S/C22H25ClN2O/c1-16-4-2-3-5-18(16)15-24-10-12-25(13-11-24)22(26)21-14-20(21)17-6-8-19(23)9-7-17/h2-9,20-21H,10-15H2,1H3. The molecule has 136 valence electrons. The van der Waals surface area contributed by atoms with Gasteiger partial charge in [-0.3, -0.25) is 9.69 Å². The van der Waals surface area contributed by atoms with Crippen molar-refractivity contribution in [1.29, 1.82) is 0 Å². The van der Waals surface area contributed by atoms with Gasteiger partial charge in [-0.1, -0.05) is 48.0 Å². The SMILES string of the molecule is Cc1ccccc1CN1CCN(C(=O)C2CC2c2ccc(Cl)cc2)CC1. The van der Waals surface area contributed by atoms with Gasteiger partial charge in [0.2, 0.25) is 5.91 Å². The molecule has 2 aromatic carbocycles. The van der Waals surface area contributed by atoms with Gasteiger partial charge in [-0.2, -0.15) is 0 Å². The van der Waals surface area contributed by atoms with Gasteiger partial charge in [0.05, 0.1) is 0 Å². The Labute approximate surface area is 160 Å². The number of benzene rings is 2. The molecule has 3 nitrogen and oxygen atoms in total. The van der Waals surface area contributed by atoms with Gasteiger partial charge in [-0.15, -0.1) is 0 Å². The molecule has 0 aromatic heterocycles. The van der Waals surface area contributed by atoms with Crippen LogP contribution in [0.15, 0.2) is 48.5 Å². The lowest BCUT2D eigenvalue weighted by molar-refractivity contribution is -0.134. The molecule has 0 N–H and O–H groups in total. The zero-order valence-corrected chi connectivity index (χ0v) is 16.0. The van der Waals surface area contributed by atoms with Crippen LogP contribution in [0.1, 0.15) is 29.0 Å². The van der Waals surface area contributed by atoms with Crippen molar-refractivity contribution in [3.8, 4) is 0 Å². The van der Waals surface area contributed by atoms with Crippen molar-refractivity contribution in [2.24, 2.45) is 5.92 Å². The number of hydrogen-bond acceptors (Lipinski definition) is 2. The molecule has 1 saturated carbocycles. The first-order valence-corrected chi connectivity index (χ1v) is 9.81. The van der Waals surface area contributed by atoms with Crippen molar-refractivity contribution in [3.05, 3.63) is 70.2 Å². The average molecular weight is 369 g/mol. The van der Waals surface area contributed by atoms with Crippen LogP contribution in [0.3, 0.4) is 0 Å². The lowest BCUT2D eigenvalue weighted by atomic mass is 10.1. The molecule has 0 radical (unpaired) electrons. The third kappa shape index (κ3) is 3.79. The smallest absolute Gasteiger partial charge is 0.226 e. The van der Waals surface area contributed by atoms with Gasteiger partial charge in [-0.05, 0) is 48.1 Å². The van der Waals surface area contributed by atoms with E-state index in [2.05, 4.69) is 53.1 Å². The normalized spacial score (nSPS) is 23.1. The van der Waals surface area contributed by atoms with E-state index in [-0.39, 0.29) is 5.92 Å². The van der Waals surface area contributed by atoms with Crippen molar-refractivity contribution in [2.45, 2.75) is 25.8 Å². The second-order valence-corrected chi connectivity index (χ2v) is 7.96. The summed E-state index contributed by atoms with van der Waals surface area (Å²) in [5.74, 6) is 0.879. The topological polar surface area (TPSA) is 23.6 Å². The number of carbonyl (C=O) groups excluding carboxylic acids is 1. The number of halogens is 1. The van der Waals surface area contributed by atoms with Gasteiger partial charge in [-0.25, -0.2) is 0 Å². The Kier molecular flexibility index (Phi) is 5.01. The van der Waals surface area contributed by atoms with Gasteiger partial charge in [0.25, 0.3) is 0 Å². The predicted molar refractivity (Wildman–Crippen MR) is 105 cm³/mol. The lowest BCUT2D eigenvalue weighted by Gasteiger charge is -2.35. The minimum Gasteiger partial charge on any atom is -0.340 e. The Balaban J connectivity index is 1.29. The number of amides is 1. The molecule has 1 heterocycles. The molecule has 0 bridgehead atoms. The monoisotopic (exact) mass is 368 g/mol. The molecule has 4 rings (SSSR count). The summed E-state index contributed by atoms with van der Waals surface area (Å²) in [6.45, 7) is 6.74. The van der Waals surface area contributed by atoms with Gasteiger partial charge < -0.3 is 4.90 Å². The zero-order chi connectivity index (χ0) is 18.1. The molecule has 1 saturated heterocycles. The molecule has 2 atom stereocenters. The molecule has 1 aliphatic heterocycles. The molecule has 26 heavy (non-hydrogen) atoms. The summed E-state index contributed by atoms with van der Waals surface area (Å²) in [7, 11) is 0. The Morgan fingerprint density at radius 1 is 1.04 bits per heavy atom. The first kappa shape index (κ1) is 17.6. The molecule has 1 amide bonds. The number of aryl methyl sites for hydroxylation is 1. The zero-order valence-electron chi connectivity index (χ0n) is 15.2. The lowest BCUT2D eigenvalue weighted by Crippen LogP contribution is -2.48. The maximum Gasteiger partial charge on any atom is 0.226 e. The fraction of sp³-hybridized carbons (Fsp3) is 0.409. The van der Waals surface area contributed by atoms with Crippen LogP contribution < -0.4 is 0 Å². The molecule has 2 fully saturated rings. The number of hydrogen-bond donors (Lipinski definition) is 0. The third-order valence-corrected chi connectivity index (χ3v) is 6.00. The Morgan fingerprint density at radius 3 is 2.42 bits per heavy atom. The Hall–Kier alpha value is -1.84. The van der Waals surface area contributed by atoms with E-state index in [1.54, 1.807) is 0 Å². The first-order chi connectivity index (χ1) is 12.6.